The molecular formula is C20H13ClF3NO4. The number of furan rings is 1. The second-order valence-electron chi connectivity index (χ2n) is 5.85. The van der Waals surface area contributed by atoms with Crippen LogP contribution in [0, 0.1) is 0 Å². The lowest BCUT2D eigenvalue weighted by atomic mass is 10.1. The van der Waals surface area contributed by atoms with Gasteiger partial charge < -0.3 is 14.5 Å². The van der Waals surface area contributed by atoms with Gasteiger partial charge in [0.15, 0.2) is 0 Å². The summed E-state index contributed by atoms with van der Waals surface area (Å²) in [5, 5.41) is 2.03. The molecule has 150 valence electrons. The van der Waals surface area contributed by atoms with E-state index in [0.29, 0.717) is 6.07 Å². The summed E-state index contributed by atoms with van der Waals surface area (Å²) in [6.45, 7) is 0. The molecule has 1 heterocycles. The number of esters is 1. The van der Waals surface area contributed by atoms with Crippen molar-refractivity contribution in [1.82, 2.24) is 0 Å². The first-order valence-electron chi connectivity index (χ1n) is 8.23. The highest BCUT2D eigenvalue weighted by molar-refractivity contribution is 6.30. The quantitative estimate of drug-likeness (QED) is 0.551. The zero-order valence-electron chi connectivity index (χ0n) is 14.6. The Morgan fingerprint density at radius 2 is 1.76 bits per heavy atom. The highest BCUT2D eigenvalue weighted by Gasteiger charge is 2.35. The maximum atomic E-state index is 13.3. The van der Waals surface area contributed by atoms with E-state index in [9.17, 15) is 22.8 Å². The lowest BCUT2D eigenvalue weighted by Gasteiger charge is -2.19. The van der Waals surface area contributed by atoms with Crippen LogP contribution >= 0.6 is 11.6 Å². The molecule has 3 rings (SSSR count). The van der Waals surface area contributed by atoms with Crippen LogP contribution in [0.15, 0.2) is 71.3 Å². The van der Waals surface area contributed by atoms with Gasteiger partial charge in [-0.2, -0.15) is 13.2 Å². The molecule has 5 nitrogen and oxygen atoms in total. The normalized spacial score (nSPS) is 12.3. The van der Waals surface area contributed by atoms with Crippen LogP contribution in [0.4, 0.5) is 18.9 Å². The van der Waals surface area contributed by atoms with Crippen molar-refractivity contribution in [3.63, 3.8) is 0 Å². The van der Waals surface area contributed by atoms with E-state index < -0.39 is 35.4 Å². The minimum atomic E-state index is -4.75. The van der Waals surface area contributed by atoms with Gasteiger partial charge in [0, 0.05) is 10.6 Å². The Bertz CT molecular complexity index is 1000. The van der Waals surface area contributed by atoms with Crippen molar-refractivity contribution in [3.8, 4) is 0 Å². The van der Waals surface area contributed by atoms with Gasteiger partial charge in [-0.1, -0.05) is 41.9 Å². The van der Waals surface area contributed by atoms with Crippen LogP contribution in [0.2, 0.25) is 5.02 Å². The van der Waals surface area contributed by atoms with Crippen molar-refractivity contribution >= 4 is 29.2 Å². The number of alkyl halides is 3. The monoisotopic (exact) mass is 423 g/mol. The van der Waals surface area contributed by atoms with Gasteiger partial charge in [-0.3, -0.25) is 4.79 Å². The number of ether oxygens (including phenoxy) is 1. The van der Waals surface area contributed by atoms with Crippen LogP contribution in [-0.2, 0) is 15.7 Å². The van der Waals surface area contributed by atoms with Crippen molar-refractivity contribution in [3.05, 3.63) is 88.8 Å². The standard InChI is InChI=1S/C20H13ClF3NO4/c21-13-8-9-15(14(11-13)20(22,23)24)25-18(26)17(12-5-2-1-3-6-12)29-19(27)16-7-4-10-28-16/h1-11,17H,(H,25,26)/t17-/m0/s1. The maximum Gasteiger partial charge on any atom is 0.418 e. The zero-order chi connectivity index (χ0) is 21.0. The maximum absolute atomic E-state index is 13.3. The Kier molecular flexibility index (Phi) is 5.93. The highest BCUT2D eigenvalue weighted by atomic mass is 35.5. The van der Waals surface area contributed by atoms with Gasteiger partial charge >= 0.3 is 12.1 Å². The number of carbonyl (C=O) groups excluding carboxylic acids is 2. The fourth-order valence-electron chi connectivity index (χ4n) is 2.52. The molecule has 1 atom stereocenters. The second kappa shape index (κ2) is 8.40. The summed E-state index contributed by atoms with van der Waals surface area (Å²) in [4.78, 5) is 25.0. The largest absolute Gasteiger partial charge is 0.457 e. The molecule has 0 saturated heterocycles. The molecule has 1 N–H and O–H groups in total. The summed E-state index contributed by atoms with van der Waals surface area (Å²) >= 11 is 5.65. The Hall–Kier alpha value is -3.26. The molecule has 0 saturated carbocycles. The minimum absolute atomic E-state index is 0.140. The van der Waals surface area contributed by atoms with Crippen LogP contribution in [0.1, 0.15) is 27.8 Å². The van der Waals surface area contributed by atoms with Gasteiger partial charge in [-0.05, 0) is 30.3 Å². The molecule has 0 spiro atoms. The van der Waals surface area contributed by atoms with E-state index in [-0.39, 0.29) is 16.3 Å². The first kappa shape index (κ1) is 20.5. The van der Waals surface area contributed by atoms with Gasteiger partial charge in [0.05, 0.1) is 17.5 Å². The van der Waals surface area contributed by atoms with Crippen molar-refractivity contribution < 1.29 is 31.9 Å². The van der Waals surface area contributed by atoms with E-state index in [4.69, 9.17) is 20.8 Å². The average Bonchev–Trinajstić information content (AvgIpc) is 3.22. The number of nitrogens with one attached hydrogen (secondary N) is 1. The number of hydrogen-bond acceptors (Lipinski definition) is 4. The van der Waals surface area contributed by atoms with Gasteiger partial charge in [0.2, 0.25) is 11.9 Å². The molecule has 0 aliphatic carbocycles. The third kappa shape index (κ3) is 4.97. The van der Waals surface area contributed by atoms with Gasteiger partial charge in [0.1, 0.15) is 0 Å². The Labute approximate surface area is 168 Å². The molecule has 9 heteroatoms. The van der Waals surface area contributed by atoms with Crippen LogP contribution < -0.4 is 5.32 Å². The van der Waals surface area contributed by atoms with Crippen molar-refractivity contribution in [2.45, 2.75) is 12.3 Å². The fraction of sp³-hybridized carbons (Fsp3) is 0.100. The summed E-state index contributed by atoms with van der Waals surface area (Å²) in [6, 6.07) is 13.6. The molecule has 0 aliphatic heterocycles. The lowest BCUT2D eigenvalue weighted by molar-refractivity contribution is -0.137. The van der Waals surface area contributed by atoms with E-state index in [2.05, 4.69) is 5.32 Å². The van der Waals surface area contributed by atoms with Gasteiger partial charge in [-0.25, -0.2) is 4.79 Å². The third-order valence-electron chi connectivity index (χ3n) is 3.83. The second-order valence-corrected chi connectivity index (χ2v) is 6.29. The molecule has 0 unspecified atom stereocenters. The Morgan fingerprint density at radius 1 is 1.03 bits per heavy atom. The minimum Gasteiger partial charge on any atom is -0.457 e. The molecule has 0 bridgehead atoms. The number of hydrogen-bond donors (Lipinski definition) is 1. The third-order valence-corrected chi connectivity index (χ3v) is 4.07. The molecule has 0 radical (unpaired) electrons. The smallest absolute Gasteiger partial charge is 0.418 e. The molecule has 1 amide bonds. The van der Waals surface area contributed by atoms with Crippen LogP contribution in [-0.4, -0.2) is 11.9 Å². The molecular weight excluding hydrogens is 411 g/mol. The number of amides is 1. The van der Waals surface area contributed by atoms with Crippen LogP contribution in [0.3, 0.4) is 0 Å². The zero-order valence-corrected chi connectivity index (χ0v) is 15.3. The van der Waals surface area contributed by atoms with Gasteiger partial charge in [0.25, 0.3) is 5.91 Å². The molecule has 0 fully saturated rings. The molecule has 1 aromatic heterocycles. The predicted octanol–water partition coefficient (Wildman–Crippen LogP) is 5.49. The Balaban J connectivity index is 1.91. The van der Waals surface area contributed by atoms with Crippen LogP contribution in [0.25, 0.3) is 0 Å². The highest BCUT2D eigenvalue weighted by Crippen LogP contribution is 2.37. The van der Waals surface area contributed by atoms with Crippen molar-refractivity contribution in [1.29, 1.82) is 0 Å². The van der Waals surface area contributed by atoms with E-state index in [1.807, 2.05) is 0 Å². The SMILES string of the molecule is O=C(O[C@H](C(=O)Nc1ccc(Cl)cc1C(F)(F)F)c1ccccc1)c1ccco1. The van der Waals surface area contributed by atoms with E-state index in [0.717, 1.165) is 6.07 Å². The number of carbonyl (C=O) groups is 2. The molecule has 0 aliphatic rings. The topological polar surface area (TPSA) is 68.5 Å². The predicted molar refractivity (Wildman–Crippen MR) is 98.4 cm³/mol. The van der Waals surface area contributed by atoms with Crippen LogP contribution in [0.5, 0.6) is 0 Å². The summed E-state index contributed by atoms with van der Waals surface area (Å²) in [5.41, 5.74) is -1.36. The summed E-state index contributed by atoms with van der Waals surface area (Å²) in [5.74, 6) is -2.06. The summed E-state index contributed by atoms with van der Waals surface area (Å²) in [7, 11) is 0. The average molecular weight is 424 g/mol. The number of halogens is 4. The summed E-state index contributed by atoms with van der Waals surface area (Å²) < 4.78 is 50.0. The van der Waals surface area contributed by atoms with E-state index in [1.165, 1.54) is 36.6 Å². The first-order valence-corrected chi connectivity index (χ1v) is 8.60. The van der Waals surface area contributed by atoms with E-state index in [1.54, 1.807) is 18.2 Å². The van der Waals surface area contributed by atoms with Crippen molar-refractivity contribution in [2.24, 2.45) is 0 Å². The first-order chi connectivity index (χ1) is 13.8. The summed E-state index contributed by atoms with van der Waals surface area (Å²) in [6.07, 6.45) is -5.01. The lowest BCUT2D eigenvalue weighted by Crippen LogP contribution is -2.27. The molecule has 3 aromatic rings. The number of rotatable bonds is 5. The molecule has 2 aromatic carbocycles. The van der Waals surface area contributed by atoms with Crippen molar-refractivity contribution in [2.75, 3.05) is 5.32 Å². The fourth-order valence-corrected chi connectivity index (χ4v) is 2.69. The number of benzene rings is 2. The van der Waals surface area contributed by atoms with E-state index >= 15 is 0 Å². The number of anilines is 1. The Morgan fingerprint density at radius 3 is 2.38 bits per heavy atom. The van der Waals surface area contributed by atoms with Gasteiger partial charge in [-0.15, -0.1) is 0 Å². The molecule has 29 heavy (non-hydrogen) atoms.